The maximum Gasteiger partial charge on any atom is 0.322 e. The number of carbonyl (C=O) groups excluding carboxylic acids is 1. The van der Waals surface area contributed by atoms with Crippen molar-refractivity contribution in [2.45, 2.75) is 18.9 Å². The van der Waals surface area contributed by atoms with Crippen molar-refractivity contribution in [3.05, 3.63) is 29.3 Å². The molecule has 0 spiro atoms. The molecule has 1 aliphatic rings. The Hall–Kier alpha value is -1.99. The molecule has 116 valence electrons. The number of nitrogens with one attached hydrogen (secondary N) is 1. The van der Waals surface area contributed by atoms with E-state index in [0.717, 1.165) is 15.2 Å². The highest BCUT2D eigenvalue weighted by Gasteiger charge is 2.27. The zero-order chi connectivity index (χ0) is 15.5. The van der Waals surface area contributed by atoms with Crippen LogP contribution in [0.2, 0.25) is 0 Å². The Balaban J connectivity index is 1.58. The average molecular weight is 319 g/mol. The van der Waals surface area contributed by atoms with E-state index in [-0.39, 0.29) is 12.5 Å². The van der Waals surface area contributed by atoms with Gasteiger partial charge in [-0.3, -0.25) is 9.59 Å². The van der Waals surface area contributed by atoms with Crippen LogP contribution in [0.25, 0.3) is 10.2 Å². The number of carbonyl (C=O) groups is 2. The first-order valence-corrected chi connectivity index (χ1v) is 8.03. The normalized spacial score (nSPS) is 18.5. The number of fused-ring (bicyclic) bond motifs is 1. The number of hydrogen-bond acceptors (Lipinski definition) is 5. The van der Waals surface area contributed by atoms with Crippen LogP contribution in [-0.4, -0.2) is 52.5 Å². The fraction of sp³-hybridized carbons (Fsp3) is 0.400. The summed E-state index contributed by atoms with van der Waals surface area (Å²) in [5, 5.41) is 12.9. The lowest BCUT2D eigenvalue weighted by Gasteiger charge is -2.31. The van der Waals surface area contributed by atoms with Gasteiger partial charge in [-0.05, 0) is 12.1 Å². The maximum atomic E-state index is 12.2. The van der Waals surface area contributed by atoms with E-state index in [9.17, 15) is 9.59 Å². The molecule has 0 unspecified atom stereocenters. The summed E-state index contributed by atoms with van der Waals surface area (Å²) >= 11 is 1.60. The molecule has 1 aliphatic heterocycles. The van der Waals surface area contributed by atoms with E-state index in [1.54, 1.807) is 16.2 Å². The van der Waals surface area contributed by atoms with Gasteiger partial charge in [0.15, 0.2) is 0 Å². The summed E-state index contributed by atoms with van der Waals surface area (Å²) in [4.78, 5) is 29.4. The Labute approximate surface area is 131 Å². The van der Waals surface area contributed by atoms with Crippen LogP contribution in [0.1, 0.15) is 11.4 Å². The molecule has 1 atom stereocenters. The first-order valence-electron chi connectivity index (χ1n) is 7.22. The Kier molecular flexibility index (Phi) is 4.35. The number of amides is 1. The van der Waals surface area contributed by atoms with Gasteiger partial charge in [0.05, 0.1) is 15.2 Å². The minimum Gasteiger partial charge on any atom is -0.480 e. The van der Waals surface area contributed by atoms with E-state index in [4.69, 9.17) is 5.11 Å². The predicted octanol–water partition coefficient (Wildman–Crippen LogP) is 1.11. The molecule has 0 radical (unpaired) electrons. The third kappa shape index (κ3) is 3.26. The summed E-state index contributed by atoms with van der Waals surface area (Å²) < 4.78 is 1.12. The molecule has 2 heterocycles. The van der Waals surface area contributed by atoms with Crippen LogP contribution in [-0.2, 0) is 16.0 Å². The van der Waals surface area contributed by atoms with Crippen molar-refractivity contribution >= 4 is 33.4 Å². The van der Waals surface area contributed by atoms with Crippen LogP contribution in [0.4, 0.5) is 0 Å². The van der Waals surface area contributed by atoms with Crippen molar-refractivity contribution in [1.29, 1.82) is 0 Å². The summed E-state index contributed by atoms with van der Waals surface area (Å²) in [6.07, 6.45) is 0.964. The number of thiazole rings is 1. The van der Waals surface area contributed by atoms with Crippen LogP contribution in [0.5, 0.6) is 0 Å². The topological polar surface area (TPSA) is 82.5 Å². The average Bonchev–Trinajstić information content (AvgIpc) is 2.95. The number of aliphatic carboxylic acids is 1. The second kappa shape index (κ2) is 6.41. The van der Waals surface area contributed by atoms with Crippen LogP contribution in [0.15, 0.2) is 24.3 Å². The molecule has 7 heteroatoms. The molecule has 2 N–H and O–H groups in total. The van der Waals surface area contributed by atoms with E-state index in [1.807, 2.05) is 24.3 Å². The molecule has 1 aromatic heterocycles. The molecule has 1 amide bonds. The highest BCUT2D eigenvalue weighted by molar-refractivity contribution is 7.18. The van der Waals surface area contributed by atoms with Gasteiger partial charge in [0, 0.05) is 32.5 Å². The van der Waals surface area contributed by atoms with E-state index < -0.39 is 12.0 Å². The largest absolute Gasteiger partial charge is 0.480 e. The van der Waals surface area contributed by atoms with E-state index in [1.165, 1.54) is 0 Å². The van der Waals surface area contributed by atoms with E-state index in [0.29, 0.717) is 25.9 Å². The summed E-state index contributed by atoms with van der Waals surface area (Å²) in [7, 11) is 0. The first-order chi connectivity index (χ1) is 10.6. The zero-order valence-corrected chi connectivity index (χ0v) is 12.8. The molecular formula is C15H17N3O3S. The van der Waals surface area contributed by atoms with Gasteiger partial charge in [0.1, 0.15) is 6.04 Å². The number of hydrogen-bond donors (Lipinski definition) is 2. The van der Waals surface area contributed by atoms with Gasteiger partial charge in [-0.2, -0.15) is 0 Å². The van der Waals surface area contributed by atoms with Crippen molar-refractivity contribution in [1.82, 2.24) is 15.2 Å². The maximum absolute atomic E-state index is 12.2. The van der Waals surface area contributed by atoms with Crippen molar-refractivity contribution in [3.8, 4) is 0 Å². The van der Waals surface area contributed by atoms with Crippen molar-refractivity contribution in [2.24, 2.45) is 0 Å². The van der Waals surface area contributed by atoms with Gasteiger partial charge in [-0.25, -0.2) is 4.98 Å². The molecule has 22 heavy (non-hydrogen) atoms. The fourth-order valence-electron chi connectivity index (χ4n) is 2.54. The third-order valence-electron chi connectivity index (χ3n) is 3.72. The van der Waals surface area contributed by atoms with E-state index >= 15 is 0 Å². The molecule has 0 bridgehead atoms. The summed E-state index contributed by atoms with van der Waals surface area (Å²) in [6, 6.07) is 7.24. The smallest absolute Gasteiger partial charge is 0.322 e. The van der Waals surface area contributed by atoms with Crippen molar-refractivity contribution in [2.75, 3.05) is 19.6 Å². The van der Waals surface area contributed by atoms with Crippen LogP contribution >= 0.6 is 11.3 Å². The predicted molar refractivity (Wildman–Crippen MR) is 83.9 cm³/mol. The minimum absolute atomic E-state index is 0.00740. The van der Waals surface area contributed by atoms with Gasteiger partial charge >= 0.3 is 5.97 Å². The molecule has 0 saturated carbocycles. The molecular weight excluding hydrogens is 302 g/mol. The number of para-hydroxylation sites is 1. The highest BCUT2D eigenvalue weighted by atomic mass is 32.1. The van der Waals surface area contributed by atoms with Crippen molar-refractivity contribution in [3.63, 3.8) is 0 Å². The zero-order valence-electron chi connectivity index (χ0n) is 12.0. The number of carboxylic acid groups (broad SMARTS) is 1. The molecule has 1 fully saturated rings. The summed E-state index contributed by atoms with van der Waals surface area (Å²) in [5.74, 6) is -0.921. The molecule has 2 aromatic rings. The highest BCUT2D eigenvalue weighted by Crippen LogP contribution is 2.22. The monoisotopic (exact) mass is 319 g/mol. The molecule has 6 nitrogen and oxygen atoms in total. The lowest BCUT2D eigenvalue weighted by molar-refractivity contribution is -0.142. The lowest BCUT2D eigenvalue weighted by atomic mass is 10.2. The molecule has 3 rings (SSSR count). The molecule has 1 saturated heterocycles. The van der Waals surface area contributed by atoms with E-state index in [2.05, 4.69) is 10.3 Å². The quantitative estimate of drug-likeness (QED) is 0.882. The lowest BCUT2D eigenvalue weighted by Crippen LogP contribution is -2.55. The summed E-state index contributed by atoms with van der Waals surface area (Å²) in [5.41, 5.74) is 0.961. The number of benzene rings is 1. The second-order valence-electron chi connectivity index (χ2n) is 5.26. The van der Waals surface area contributed by atoms with Crippen LogP contribution in [0.3, 0.4) is 0 Å². The Bertz CT molecular complexity index is 667. The third-order valence-corrected chi connectivity index (χ3v) is 4.81. The number of piperazine rings is 1. The van der Waals surface area contributed by atoms with Crippen molar-refractivity contribution < 1.29 is 14.7 Å². The fourth-order valence-corrected chi connectivity index (χ4v) is 3.51. The van der Waals surface area contributed by atoms with Gasteiger partial charge in [-0.15, -0.1) is 11.3 Å². The number of aryl methyl sites for hydroxylation is 1. The van der Waals surface area contributed by atoms with Crippen LogP contribution in [0, 0.1) is 0 Å². The Morgan fingerprint density at radius 1 is 1.41 bits per heavy atom. The summed E-state index contributed by atoms with van der Waals surface area (Å²) in [6.45, 7) is 1.31. The molecule has 1 aromatic carbocycles. The Morgan fingerprint density at radius 3 is 3.00 bits per heavy atom. The van der Waals surface area contributed by atoms with Crippen LogP contribution < -0.4 is 5.32 Å². The SMILES string of the molecule is O=C(O)[C@@H]1CN(C(=O)CCc2nc3ccccc3s2)CCN1. The Morgan fingerprint density at radius 2 is 2.23 bits per heavy atom. The molecule has 0 aliphatic carbocycles. The number of aromatic nitrogens is 1. The van der Waals surface area contributed by atoms with Gasteiger partial charge < -0.3 is 15.3 Å². The number of carboxylic acids is 1. The minimum atomic E-state index is -0.913. The van der Waals surface area contributed by atoms with Gasteiger partial charge in [-0.1, -0.05) is 12.1 Å². The second-order valence-corrected chi connectivity index (χ2v) is 6.38. The first kappa shape index (κ1) is 14.9. The van der Waals surface area contributed by atoms with Gasteiger partial charge in [0.25, 0.3) is 0 Å². The number of nitrogens with zero attached hydrogens (tertiary/aromatic N) is 2. The standard InChI is InChI=1S/C15H17N3O3S/c19-14(18-8-7-16-11(9-18)15(20)21)6-5-13-17-10-3-1-2-4-12(10)22-13/h1-4,11,16H,5-9H2,(H,20,21)/t11-/m0/s1. The van der Waals surface area contributed by atoms with Gasteiger partial charge in [0.2, 0.25) is 5.91 Å². The number of rotatable bonds is 4.